The Bertz CT molecular complexity index is 948. The second kappa shape index (κ2) is 9.76. The molecule has 0 N–H and O–H groups in total. The van der Waals surface area contributed by atoms with E-state index in [0.717, 1.165) is 0 Å². The average Bonchev–Trinajstić information content (AvgIpc) is 2.69. The van der Waals surface area contributed by atoms with Crippen molar-refractivity contribution >= 4 is 12.0 Å². The van der Waals surface area contributed by atoms with Crippen molar-refractivity contribution in [2.75, 3.05) is 13.7 Å². The van der Waals surface area contributed by atoms with Crippen LogP contribution in [-0.4, -0.2) is 19.7 Å². The number of esters is 1. The Labute approximate surface area is 174 Å². The molecule has 0 atom stereocenters. The Balaban J connectivity index is 2.25. The monoisotopic (exact) mass is 448 g/mol. The molecule has 10 heteroatoms. The summed E-state index contributed by atoms with van der Waals surface area (Å²) >= 11 is 0. The molecule has 0 aliphatic heterocycles. The zero-order valence-corrected chi connectivity index (χ0v) is 16.4. The molecule has 2 aromatic carbocycles. The quantitative estimate of drug-likeness (QED) is 0.301. The molecule has 0 amide bonds. The molecule has 4 nitrogen and oxygen atoms in total. The van der Waals surface area contributed by atoms with Crippen LogP contribution in [0.15, 0.2) is 42.5 Å². The maximum atomic E-state index is 13.2. The minimum absolute atomic E-state index is 0.00976. The maximum Gasteiger partial charge on any atom is 0.419 e. The fourth-order valence-corrected chi connectivity index (χ4v) is 2.55. The molecule has 0 saturated heterocycles. The normalized spacial score (nSPS) is 12.1. The van der Waals surface area contributed by atoms with Gasteiger partial charge in [0.05, 0.1) is 24.8 Å². The van der Waals surface area contributed by atoms with Crippen LogP contribution >= 0.6 is 0 Å². The van der Waals surface area contributed by atoms with Crippen LogP contribution in [0.1, 0.15) is 29.2 Å². The van der Waals surface area contributed by atoms with Crippen LogP contribution in [0.25, 0.3) is 6.08 Å². The Morgan fingerprint density at radius 1 is 0.968 bits per heavy atom. The minimum Gasteiger partial charge on any atom is -0.496 e. The average molecular weight is 448 g/mol. The molecule has 0 aliphatic rings. The first kappa shape index (κ1) is 24.1. The number of ether oxygens (including phenoxy) is 3. The first-order valence-corrected chi connectivity index (χ1v) is 8.88. The lowest BCUT2D eigenvalue weighted by atomic mass is 10.1. The Hall–Kier alpha value is -3.17. The predicted molar refractivity (Wildman–Crippen MR) is 99.4 cm³/mol. The highest BCUT2D eigenvalue weighted by Gasteiger charge is 2.39. The second-order valence-electron chi connectivity index (χ2n) is 6.15. The molecule has 0 radical (unpaired) electrons. The van der Waals surface area contributed by atoms with Crippen molar-refractivity contribution in [1.29, 1.82) is 0 Å². The van der Waals surface area contributed by atoms with Gasteiger partial charge in [0, 0.05) is 11.6 Å². The number of benzene rings is 2. The summed E-state index contributed by atoms with van der Waals surface area (Å²) in [6.45, 7) is 1.48. The van der Waals surface area contributed by atoms with E-state index in [1.807, 2.05) is 0 Å². The topological polar surface area (TPSA) is 44.8 Å². The lowest BCUT2D eigenvalue weighted by molar-refractivity contribution is -0.144. The number of hydrogen-bond donors (Lipinski definition) is 0. The molecule has 0 aromatic heterocycles. The van der Waals surface area contributed by atoms with Crippen molar-refractivity contribution in [3.8, 4) is 11.5 Å². The van der Waals surface area contributed by atoms with Gasteiger partial charge in [0.15, 0.2) is 0 Å². The molecule has 168 valence electrons. The third kappa shape index (κ3) is 6.66. The van der Waals surface area contributed by atoms with E-state index < -0.39 is 35.2 Å². The summed E-state index contributed by atoms with van der Waals surface area (Å²) in [6.07, 6.45) is -7.30. The molecule has 2 aromatic rings. The molecule has 0 spiro atoms. The highest BCUT2D eigenvalue weighted by atomic mass is 19.4. The highest BCUT2D eigenvalue weighted by molar-refractivity contribution is 5.87. The number of methoxy groups -OCH3 is 1. The predicted octanol–water partition coefficient (Wildman–Crippen LogP) is 5.89. The van der Waals surface area contributed by atoms with E-state index in [0.29, 0.717) is 23.3 Å². The zero-order valence-electron chi connectivity index (χ0n) is 16.4. The largest absolute Gasteiger partial charge is 0.496 e. The molecular formula is C21H18F6O4. The molecular weight excluding hydrogens is 430 g/mol. The Kier molecular flexibility index (Phi) is 7.59. The first-order chi connectivity index (χ1) is 14.5. The number of halogens is 6. The van der Waals surface area contributed by atoms with Gasteiger partial charge in [-0.05, 0) is 42.8 Å². The van der Waals surface area contributed by atoms with E-state index in [-0.39, 0.29) is 25.0 Å². The van der Waals surface area contributed by atoms with Gasteiger partial charge >= 0.3 is 18.3 Å². The third-order valence-electron chi connectivity index (χ3n) is 4.01. The van der Waals surface area contributed by atoms with Crippen molar-refractivity contribution in [3.05, 3.63) is 64.7 Å². The van der Waals surface area contributed by atoms with Gasteiger partial charge in [0.2, 0.25) is 0 Å². The summed E-state index contributed by atoms with van der Waals surface area (Å²) in [5, 5.41) is 0. The lowest BCUT2D eigenvalue weighted by Crippen LogP contribution is -2.13. The summed E-state index contributed by atoms with van der Waals surface area (Å²) < 4.78 is 93.1. The summed E-state index contributed by atoms with van der Waals surface area (Å²) in [5.41, 5.74) is -2.05. The molecule has 31 heavy (non-hydrogen) atoms. The van der Waals surface area contributed by atoms with E-state index in [1.54, 1.807) is 13.0 Å². The first-order valence-electron chi connectivity index (χ1n) is 8.88. The van der Waals surface area contributed by atoms with Crippen molar-refractivity contribution in [2.45, 2.75) is 25.9 Å². The van der Waals surface area contributed by atoms with Gasteiger partial charge in [-0.2, -0.15) is 26.3 Å². The van der Waals surface area contributed by atoms with Crippen molar-refractivity contribution in [1.82, 2.24) is 0 Å². The van der Waals surface area contributed by atoms with E-state index >= 15 is 0 Å². The smallest absolute Gasteiger partial charge is 0.419 e. The molecule has 0 fully saturated rings. The van der Waals surface area contributed by atoms with Gasteiger partial charge in [0.1, 0.15) is 18.1 Å². The molecule has 0 saturated carbocycles. The van der Waals surface area contributed by atoms with E-state index in [9.17, 15) is 31.1 Å². The number of rotatable bonds is 7. The van der Waals surface area contributed by atoms with Gasteiger partial charge in [-0.25, -0.2) is 4.79 Å². The van der Waals surface area contributed by atoms with Crippen LogP contribution in [0.3, 0.4) is 0 Å². The van der Waals surface area contributed by atoms with Crippen LogP contribution in [0.5, 0.6) is 11.5 Å². The number of hydrogen-bond acceptors (Lipinski definition) is 4. The van der Waals surface area contributed by atoms with Crippen LogP contribution in [0, 0.1) is 0 Å². The summed E-state index contributed by atoms with van der Waals surface area (Å²) in [7, 11) is 1.33. The molecule has 0 bridgehead atoms. The third-order valence-corrected chi connectivity index (χ3v) is 4.01. The summed E-state index contributed by atoms with van der Waals surface area (Å²) in [6, 6.07) is 5.75. The van der Waals surface area contributed by atoms with Gasteiger partial charge < -0.3 is 14.2 Å². The number of alkyl halides is 6. The Morgan fingerprint density at radius 2 is 1.68 bits per heavy atom. The Morgan fingerprint density at radius 3 is 2.26 bits per heavy atom. The standard InChI is InChI=1S/C21H18F6O4/c1-3-30-19(28)9-5-13-4-6-14(18(10-13)29-2)12-31-17-8-7-15(20(22,23)24)11-16(17)21(25,26)27/h4-11H,3,12H2,1-2H3/b9-5+. The lowest BCUT2D eigenvalue weighted by Gasteiger charge is -2.17. The zero-order chi connectivity index (χ0) is 23.2. The second-order valence-corrected chi connectivity index (χ2v) is 6.15. The molecule has 0 aliphatic carbocycles. The van der Waals surface area contributed by atoms with E-state index in [2.05, 4.69) is 0 Å². The van der Waals surface area contributed by atoms with E-state index in [1.165, 1.54) is 31.4 Å². The summed E-state index contributed by atoms with van der Waals surface area (Å²) in [4.78, 5) is 11.4. The van der Waals surface area contributed by atoms with Crippen molar-refractivity contribution < 1.29 is 45.3 Å². The SMILES string of the molecule is CCOC(=O)/C=C/c1ccc(COc2ccc(C(F)(F)F)cc2C(F)(F)F)c(OC)c1. The fraction of sp³-hybridized carbons (Fsp3) is 0.286. The number of carbonyl (C=O) groups is 1. The highest BCUT2D eigenvalue weighted by Crippen LogP contribution is 2.40. The van der Waals surface area contributed by atoms with Gasteiger partial charge in [-0.15, -0.1) is 0 Å². The minimum atomic E-state index is -5.04. The van der Waals surface area contributed by atoms with E-state index in [4.69, 9.17) is 14.2 Å². The van der Waals surface area contributed by atoms with Crippen LogP contribution in [-0.2, 0) is 28.5 Å². The van der Waals surface area contributed by atoms with Crippen molar-refractivity contribution in [2.24, 2.45) is 0 Å². The van der Waals surface area contributed by atoms with Crippen molar-refractivity contribution in [3.63, 3.8) is 0 Å². The van der Waals surface area contributed by atoms with Crippen LogP contribution < -0.4 is 9.47 Å². The summed E-state index contributed by atoms with van der Waals surface area (Å²) in [5.74, 6) is -1.03. The van der Waals surface area contributed by atoms with Gasteiger partial charge in [0.25, 0.3) is 0 Å². The fourth-order valence-electron chi connectivity index (χ4n) is 2.55. The maximum absolute atomic E-state index is 13.2. The van der Waals surface area contributed by atoms with Gasteiger partial charge in [-0.1, -0.05) is 12.1 Å². The van der Waals surface area contributed by atoms with Crippen LogP contribution in [0.4, 0.5) is 26.3 Å². The van der Waals surface area contributed by atoms with Crippen LogP contribution in [0.2, 0.25) is 0 Å². The molecule has 2 rings (SSSR count). The molecule has 0 heterocycles. The van der Waals surface area contributed by atoms with Gasteiger partial charge in [-0.3, -0.25) is 0 Å². The number of carbonyl (C=O) groups excluding carboxylic acids is 1. The molecule has 0 unspecified atom stereocenters.